The van der Waals surface area contributed by atoms with Crippen LogP contribution in [0, 0.1) is 17.0 Å². The van der Waals surface area contributed by atoms with Gasteiger partial charge in [-0.1, -0.05) is 6.07 Å². The van der Waals surface area contributed by atoms with E-state index in [1.165, 1.54) is 30.6 Å². The summed E-state index contributed by atoms with van der Waals surface area (Å²) < 4.78 is 1.67. The third-order valence-electron chi connectivity index (χ3n) is 5.04. The number of rotatable bonds is 5. The summed E-state index contributed by atoms with van der Waals surface area (Å²) in [5, 5.41) is 17.6. The molecule has 3 heterocycles. The second kappa shape index (κ2) is 8.34. The van der Waals surface area contributed by atoms with E-state index in [1.54, 1.807) is 9.42 Å². The largest absolute Gasteiger partial charge is 0.353 e. The highest BCUT2D eigenvalue weighted by atomic mass is 16.6. The molecule has 2 amide bonds. The van der Waals surface area contributed by atoms with Gasteiger partial charge in [0.15, 0.2) is 0 Å². The van der Waals surface area contributed by atoms with Gasteiger partial charge in [0.05, 0.1) is 11.5 Å². The van der Waals surface area contributed by atoms with Crippen LogP contribution in [0.2, 0.25) is 0 Å². The van der Waals surface area contributed by atoms with Gasteiger partial charge in [-0.25, -0.2) is 4.98 Å². The Morgan fingerprint density at radius 1 is 1.19 bits per heavy atom. The fraction of sp³-hybridized carbons (Fsp3) is 0.316. The van der Waals surface area contributed by atoms with Crippen LogP contribution in [0.5, 0.6) is 0 Å². The van der Waals surface area contributed by atoms with E-state index >= 15 is 0 Å². The number of amides is 2. The van der Waals surface area contributed by atoms with E-state index in [0.717, 1.165) is 11.5 Å². The first kappa shape index (κ1) is 20.2. The fourth-order valence-corrected chi connectivity index (χ4v) is 3.45. The van der Waals surface area contributed by atoms with Crippen molar-refractivity contribution in [3.8, 4) is 0 Å². The van der Waals surface area contributed by atoms with Gasteiger partial charge >= 0.3 is 0 Å². The molecule has 12 nitrogen and oxygen atoms in total. The van der Waals surface area contributed by atoms with Gasteiger partial charge in [0.25, 0.3) is 17.4 Å². The molecule has 3 aromatic rings. The molecule has 0 atom stereocenters. The molecule has 1 fully saturated rings. The van der Waals surface area contributed by atoms with Crippen molar-refractivity contribution in [3.05, 3.63) is 58.0 Å². The van der Waals surface area contributed by atoms with E-state index in [0.29, 0.717) is 32.0 Å². The summed E-state index contributed by atoms with van der Waals surface area (Å²) in [6, 6.07) is 7.31. The van der Waals surface area contributed by atoms with Crippen LogP contribution in [0.3, 0.4) is 0 Å². The number of carbonyl (C=O) groups excluding carboxylic acids is 2. The zero-order valence-corrected chi connectivity index (χ0v) is 16.8. The minimum Gasteiger partial charge on any atom is -0.353 e. The highest BCUT2D eigenvalue weighted by molar-refractivity contribution is 5.97. The number of anilines is 1. The number of aromatic nitrogens is 4. The fourth-order valence-electron chi connectivity index (χ4n) is 3.45. The molecule has 1 aliphatic heterocycles. The summed E-state index contributed by atoms with van der Waals surface area (Å²) in [5.74, 6) is 0.648. The zero-order valence-electron chi connectivity index (χ0n) is 16.8. The Hall–Kier alpha value is -4.09. The number of fused-ring (bicyclic) bond motifs is 1. The van der Waals surface area contributed by atoms with E-state index in [9.17, 15) is 19.7 Å². The third kappa shape index (κ3) is 4.27. The van der Waals surface area contributed by atoms with Crippen molar-refractivity contribution in [1.82, 2.24) is 29.8 Å². The summed E-state index contributed by atoms with van der Waals surface area (Å²) in [4.78, 5) is 47.3. The smallest absolute Gasteiger partial charge is 0.270 e. The average Bonchev–Trinajstić information content (AvgIpc) is 3.25. The maximum Gasteiger partial charge on any atom is 0.270 e. The molecule has 0 radical (unpaired) electrons. The van der Waals surface area contributed by atoms with Gasteiger partial charge < -0.3 is 15.1 Å². The molecule has 160 valence electrons. The second-order valence-electron chi connectivity index (χ2n) is 7.09. The van der Waals surface area contributed by atoms with Gasteiger partial charge in [-0.05, 0) is 13.0 Å². The molecule has 1 N–H and O–H groups in total. The summed E-state index contributed by atoms with van der Waals surface area (Å²) >= 11 is 0. The maximum absolute atomic E-state index is 12.5. The van der Waals surface area contributed by atoms with Crippen molar-refractivity contribution in [2.24, 2.45) is 0 Å². The Kier molecular flexibility index (Phi) is 5.43. The molecule has 0 spiro atoms. The number of benzene rings is 1. The Balaban J connectivity index is 1.33. The number of carbonyl (C=O) groups is 2. The molecular formula is C19H20N8O4. The molecule has 1 aromatic carbocycles. The van der Waals surface area contributed by atoms with Gasteiger partial charge in [0, 0.05) is 55.6 Å². The SMILES string of the molecule is Cc1cc(N2CCN(C(=O)CNC(=O)c3cccc([N+](=O)[O-])c3)CC2)n2ncnc2n1. The molecule has 31 heavy (non-hydrogen) atoms. The predicted molar refractivity (Wildman–Crippen MR) is 110 cm³/mol. The molecule has 4 rings (SSSR count). The minimum atomic E-state index is -0.571. The number of nitro groups is 1. The van der Waals surface area contributed by atoms with Crippen molar-refractivity contribution in [2.75, 3.05) is 37.6 Å². The Morgan fingerprint density at radius 2 is 1.97 bits per heavy atom. The normalized spacial score (nSPS) is 14.0. The summed E-state index contributed by atoms with van der Waals surface area (Å²) in [6.07, 6.45) is 1.45. The summed E-state index contributed by atoms with van der Waals surface area (Å²) in [7, 11) is 0. The zero-order chi connectivity index (χ0) is 22.0. The number of aryl methyl sites for hydroxylation is 1. The number of piperazine rings is 1. The standard InChI is InChI=1S/C19H20N8O4/c1-13-9-16(26-19(23-13)21-12-22-26)24-5-7-25(8-6-24)17(28)11-20-18(29)14-3-2-4-15(10-14)27(30)31/h2-4,9-10,12H,5-8,11H2,1H3,(H,20,29). The van der Waals surface area contributed by atoms with Gasteiger partial charge in [-0.3, -0.25) is 19.7 Å². The van der Waals surface area contributed by atoms with E-state index in [-0.39, 0.29) is 23.7 Å². The van der Waals surface area contributed by atoms with E-state index in [1.807, 2.05) is 13.0 Å². The van der Waals surface area contributed by atoms with Gasteiger partial charge in [-0.15, -0.1) is 0 Å². The lowest BCUT2D eigenvalue weighted by Gasteiger charge is -2.36. The molecule has 0 bridgehead atoms. The Bertz CT molecular complexity index is 1150. The average molecular weight is 424 g/mol. The van der Waals surface area contributed by atoms with Crippen LogP contribution in [0.1, 0.15) is 16.1 Å². The van der Waals surface area contributed by atoms with Crippen molar-refractivity contribution >= 4 is 29.1 Å². The second-order valence-corrected chi connectivity index (χ2v) is 7.09. The molecule has 2 aromatic heterocycles. The van der Waals surface area contributed by atoms with Crippen LogP contribution >= 0.6 is 0 Å². The number of hydrogen-bond acceptors (Lipinski definition) is 8. The quantitative estimate of drug-likeness (QED) is 0.459. The lowest BCUT2D eigenvalue weighted by molar-refractivity contribution is -0.384. The summed E-state index contributed by atoms with van der Waals surface area (Å²) in [6.45, 7) is 3.89. The topological polar surface area (TPSA) is 139 Å². The number of nitro benzene ring substituents is 1. The molecule has 0 aliphatic carbocycles. The number of hydrogen-bond donors (Lipinski definition) is 1. The predicted octanol–water partition coefficient (Wildman–Crippen LogP) is 0.420. The van der Waals surface area contributed by atoms with Crippen LogP contribution in [0.15, 0.2) is 36.7 Å². The van der Waals surface area contributed by atoms with Crippen LogP contribution in [0.25, 0.3) is 5.78 Å². The monoisotopic (exact) mass is 424 g/mol. The lowest BCUT2D eigenvalue weighted by atomic mass is 10.2. The first-order valence-corrected chi connectivity index (χ1v) is 9.65. The first-order valence-electron chi connectivity index (χ1n) is 9.65. The van der Waals surface area contributed by atoms with Crippen LogP contribution < -0.4 is 10.2 Å². The highest BCUT2D eigenvalue weighted by Crippen LogP contribution is 2.18. The van der Waals surface area contributed by atoms with Crippen molar-refractivity contribution in [1.29, 1.82) is 0 Å². The lowest BCUT2D eigenvalue weighted by Crippen LogP contribution is -2.51. The molecule has 12 heteroatoms. The number of nitrogens with one attached hydrogen (secondary N) is 1. The summed E-state index contributed by atoms with van der Waals surface area (Å²) in [5.41, 5.74) is 0.789. The Morgan fingerprint density at radius 3 is 2.71 bits per heavy atom. The number of nitrogens with zero attached hydrogens (tertiary/aromatic N) is 7. The van der Waals surface area contributed by atoms with Gasteiger partial charge in [-0.2, -0.15) is 14.6 Å². The van der Waals surface area contributed by atoms with Crippen molar-refractivity contribution < 1.29 is 14.5 Å². The van der Waals surface area contributed by atoms with Crippen molar-refractivity contribution in [3.63, 3.8) is 0 Å². The molecular weight excluding hydrogens is 404 g/mol. The number of non-ortho nitro benzene ring substituents is 1. The van der Waals surface area contributed by atoms with Gasteiger partial charge in [0.2, 0.25) is 5.91 Å². The third-order valence-corrected chi connectivity index (χ3v) is 5.04. The van der Waals surface area contributed by atoms with Gasteiger partial charge in [0.1, 0.15) is 12.1 Å². The molecule has 1 aliphatic rings. The van der Waals surface area contributed by atoms with E-state index in [2.05, 4.69) is 25.3 Å². The molecule has 0 unspecified atom stereocenters. The van der Waals surface area contributed by atoms with Crippen LogP contribution in [0.4, 0.5) is 11.5 Å². The van der Waals surface area contributed by atoms with Crippen LogP contribution in [-0.4, -0.2) is 73.9 Å². The Labute approximate surface area is 176 Å². The van der Waals surface area contributed by atoms with Crippen LogP contribution in [-0.2, 0) is 4.79 Å². The van der Waals surface area contributed by atoms with E-state index in [4.69, 9.17) is 0 Å². The highest BCUT2D eigenvalue weighted by Gasteiger charge is 2.24. The molecule has 0 saturated carbocycles. The van der Waals surface area contributed by atoms with E-state index < -0.39 is 10.8 Å². The minimum absolute atomic E-state index is 0.136. The maximum atomic E-state index is 12.5. The first-order chi connectivity index (χ1) is 14.9. The molecule has 1 saturated heterocycles. The van der Waals surface area contributed by atoms with Crippen molar-refractivity contribution in [2.45, 2.75) is 6.92 Å².